The molecule has 0 aromatic rings. The first-order valence-electron chi connectivity index (χ1n) is 6.06. The van der Waals surface area contributed by atoms with E-state index in [-0.39, 0.29) is 5.97 Å². The molecule has 0 saturated heterocycles. The molecule has 0 unspecified atom stereocenters. The van der Waals surface area contributed by atoms with Gasteiger partial charge >= 0.3 is 5.97 Å². The van der Waals surface area contributed by atoms with E-state index in [0.29, 0.717) is 12.3 Å². The van der Waals surface area contributed by atoms with Gasteiger partial charge in [0.15, 0.2) is 0 Å². The Hall–Kier alpha value is -0.790. The Morgan fingerprint density at radius 2 is 1.56 bits per heavy atom. The van der Waals surface area contributed by atoms with E-state index in [4.69, 9.17) is 0 Å². The van der Waals surface area contributed by atoms with Crippen molar-refractivity contribution in [3.05, 3.63) is 12.2 Å². The van der Waals surface area contributed by atoms with Crippen molar-refractivity contribution in [2.24, 2.45) is 11.8 Å². The minimum absolute atomic E-state index is 0.125. The molecule has 0 aliphatic rings. The molecule has 0 atom stereocenters. The van der Waals surface area contributed by atoms with E-state index >= 15 is 0 Å². The zero-order chi connectivity index (χ0) is 13.1. The van der Waals surface area contributed by atoms with Crippen LogP contribution in [0.2, 0.25) is 0 Å². The number of carbonyl (C=O) groups excluding carboxylic acids is 1. The summed E-state index contributed by atoms with van der Waals surface area (Å²) in [6.07, 6.45) is 2.85. The summed E-state index contributed by atoms with van der Waals surface area (Å²) in [6.45, 7) is 14.5. The second-order valence-electron chi connectivity index (χ2n) is 4.88. The average molecular weight is 228 g/mol. The Kier molecular flexibility index (Phi) is 11.8. The van der Waals surface area contributed by atoms with Gasteiger partial charge in [-0.15, -0.1) is 0 Å². The highest BCUT2D eigenvalue weighted by Crippen LogP contribution is 2.10. The van der Waals surface area contributed by atoms with Gasteiger partial charge < -0.3 is 4.74 Å². The number of hydrogen-bond acceptors (Lipinski definition) is 2. The van der Waals surface area contributed by atoms with Crippen LogP contribution < -0.4 is 0 Å². The van der Waals surface area contributed by atoms with Gasteiger partial charge in [-0.2, -0.15) is 0 Å². The first kappa shape index (κ1) is 17.6. The lowest BCUT2D eigenvalue weighted by molar-refractivity contribution is -0.141. The summed E-state index contributed by atoms with van der Waals surface area (Å²) in [4.78, 5) is 10.4. The monoisotopic (exact) mass is 228 g/mol. The van der Waals surface area contributed by atoms with Crippen molar-refractivity contribution in [1.82, 2.24) is 0 Å². The van der Waals surface area contributed by atoms with Crippen LogP contribution in [0, 0.1) is 11.8 Å². The number of rotatable bonds is 5. The van der Waals surface area contributed by atoms with Crippen molar-refractivity contribution in [2.75, 3.05) is 7.11 Å². The Morgan fingerprint density at radius 1 is 1.12 bits per heavy atom. The molecule has 2 heteroatoms. The first-order chi connectivity index (χ1) is 7.33. The maximum atomic E-state index is 10.4. The van der Waals surface area contributed by atoms with Crippen molar-refractivity contribution in [3.63, 3.8) is 0 Å². The van der Waals surface area contributed by atoms with Gasteiger partial charge in [0.25, 0.3) is 0 Å². The van der Waals surface area contributed by atoms with Crippen LogP contribution in [0.25, 0.3) is 0 Å². The maximum Gasteiger partial charge on any atom is 0.305 e. The number of esters is 1. The number of allylic oxidation sites excluding steroid dienone is 1. The van der Waals surface area contributed by atoms with Crippen LogP contribution in [0.4, 0.5) is 0 Å². The summed E-state index contributed by atoms with van der Waals surface area (Å²) in [5.74, 6) is 1.06. The highest BCUT2D eigenvalue weighted by molar-refractivity contribution is 5.69. The summed E-state index contributed by atoms with van der Waals surface area (Å²) in [5, 5.41) is 0. The lowest BCUT2D eigenvalue weighted by Gasteiger charge is -2.03. The molecule has 0 heterocycles. The number of hydrogen-bond donors (Lipinski definition) is 0. The molecule has 0 rings (SSSR count). The number of carbonyl (C=O) groups is 1. The number of ether oxygens (including phenoxy) is 1. The van der Waals surface area contributed by atoms with Gasteiger partial charge in [-0.25, -0.2) is 0 Å². The van der Waals surface area contributed by atoms with Crippen molar-refractivity contribution >= 4 is 5.97 Å². The van der Waals surface area contributed by atoms with E-state index in [2.05, 4.69) is 32.1 Å². The molecule has 16 heavy (non-hydrogen) atoms. The molecule has 0 fully saturated rings. The largest absolute Gasteiger partial charge is 0.469 e. The van der Waals surface area contributed by atoms with Crippen LogP contribution in [0.1, 0.15) is 53.9 Å². The fourth-order valence-corrected chi connectivity index (χ4v) is 1.14. The number of methoxy groups -OCH3 is 1. The first-order valence-corrected chi connectivity index (χ1v) is 6.06. The second-order valence-corrected chi connectivity index (χ2v) is 4.88. The van der Waals surface area contributed by atoms with Crippen LogP contribution in [-0.4, -0.2) is 13.1 Å². The van der Waals surface area contributed by atoms with E-state index in [1.54, 1.807) is 0 Å². The third kappa shape index (κ3) is 15.7. The van der Waals surface area contributed by atoms with Gasteiger partial charge in [0.2, 0.25) is 0 Å². The second kappa shape index (κ2) is 10.7. The zero-order valence-corrected chi connectivity index (χ0v) is 11.8. The van der Waals surface area contributed by atoms with Gasteiger partial charge in [-0.1, -0.05) is 46.8 Å². The molecular formula is C14H28O2. The third-order valence-corrected chi connectivity index (χ3v) is 2.00. The van der Waals surface area contributed by atoms with Gasteiger partial charge in [-0.05, 0) is 24.7 Å². The summed E-state index contributed by atoms with van der Waals surface area (Å²) in [7, 11) is 1.41. The Morgan fingerprint density at radius 3 is 1.69 bits per heavy atom. The minimum Gasteiger partial charge on any atom is -0.469 e. The molecule has 0 aliphatic heterocycles. The maximum absolute atomic E-state index is 10.4. The van der Waals surface area contributed by atoms with Gasteiger partial charge in [0.1, 0.15) is 0 Å². The lowest BCUT2D eigenvalue weighted by atomic mass is 10.0. The lowest BCUT2D eigenvalue weighted by Crippen LogP contribution is -2.03. The van der Waals surface area contributed by atoms with Gasteiger partial charge in [0.05, 0.1) is 7.11 Å². The summed E-state index contributed by atoms with van der Waals surface area (Å²) in [5.41, 5.74) is 1.38. The van der Waals surface area contributed by atoms with Crippen LogP contribution in [0.3, 0.4) is 0 Å². The normalized spacial score (nSPS) is 9.75. The topological polar surface area (TPSA) is 26.3 Å². The highest BCUT2D eigenvalue weighted by Gasteiger charge is 2.01. The quantitative estimate of drug-likeness (QED) is 0.520. The highest BCUT2D eigenvalue weighted by atomic mass is 16.5. The van der Waals surface area contributed by atoms with Crippen LogP contribution in [-0.2, 0) is 9.53 Å². The van der Waals surface area contributed by atoms with Gasteiger partial charge in [-0.3, -0.25) is 4.79 Å². The molecule has 0 bridgehead atoms. The molecule has 0 aromatic heterocycles. The van der Waals surface area contributed by atoms with Crippen molar-refractivity contribution in [1.29, 1.82) is 0 Å². The average Bonchev–Trinajstić information content (AvgIpc) is 2.16. The molecular weight excluding hydrogens is 200 g/mol. The Balaban J connectivity index is 0. The van der Waals surface area contributed by atoms with E-state index in [9.17, 15) is 4.79 Å². The molecule has 0 saturated carbocycles. The van der Waals surface area contributed by atoms with Gasteiger partial charge in [0, 0.05) is 6.42 Å². The van der Waals surface area contributed by atoms with Crippen LogP contribution in [0.15, 0.2) is 12.2 Å². The third-order valence-electron chi connectivity index (χ3n) is 2.00. The van der Waals surface area contributed by atoms with Crippen molar-refractivity contribution < 1.29 is 9.53 Å². The van der Waals surface area contributed by atoms with E-state index in [1.807, 2.05) is 13.8 Å². The Labute approximate surface area is 101 Å². The molecule has 0 spiro atoms. The van der Waals surface area contributed by atoms with E-state index in [0.717, 1.165) is 12.3 Å². The Bertz CT molecular complexity index is 171. The molecule has 0 N–H and O–H groups in total. The molecule has 0 aromatic carbocycles. The van der Waals surface area contributed by atoms with Crippen molar-refractivity contribution in [2.45, 2.75) is 53.9 Å². The standard InChI is InChI=1S/C8H16.C6H12O2/c1-5-8(4)6-7(2)3;1-5(2)4-6(7)8-3/h7H,4-6H2,1-3H3;5H,4H2,1-3H3. The molecule has 96 valence electrons. The zero-order valence-electron chi connectivity index (χ0n) is 11.8. The summed E-state index contributed by atoms with van der Waals surface area (Å²) < 4.78 is 4.42. The van der Waals surface area contributed by atoms with E-state index < -0.39 is 0 Å². The van der Waals surface area contributed by atoms with Crippen LogP contribution in [0.5, 0.6) is 0 Å². The predicted molar refractivity (Wildman–Crippen MR) is 70.4 cm³/mol. The predicted octanol–water partition coefficient (Wildman–Crippen LogP) is 4.20. The van der Waals surface area contributed by atoms with E-state index in [1.165, 1.54) is 19.1 Å². The fraction of sp³-hybridized carbons (Fsp3) is 0.786. The van der Waals surface area contributed by atoms with Crippen molar-refractivity contribution in [3.8, 4) is 0 Å². The minimum atomic E-state index is -0.125. The molecule has 0 aliphatic carbocycles. The summed E-state index contributed by atoms with van der Waals surface area (Å²) >= 11 is 0. The summed E-state index contributed by atoms with van der Waals surface area (Å²) in [6, 6.07) is 0. The smallest absolute Gasteiger partial charge is 0.305 e. The van der Waals surface area contributed by atoms with Crippen LogP contribution >= 0.6 is 0 Å². The molecule has 0 amide bonds. The molecule has 2 nitrogen and oxygen atoms in total. The fourth-order valence-electron chi connectivity index (χ4n) is 1.14. The molecule has 0 radical (unpaired) electrons. The SMILES string of the molecule is C=C(CC)CC(C)C.COC(=O)CC(C)C.